The molecule has 0 amide bonds. The van der Waals surface area contributed by atoms with Crippen LogP contribution in [0.2, 0.25) is 0 Å². The van der Waals surface area contributed by atoms with Gasteiger partial charge in [0.15, 0.2) is 11.8 Å². The van der Waals surface area contributed by atoms with Crippen LogP contribution in [-0.2, 0) is 20.1 Å². The lowest BCUT2D eigenvalue weighted by molar-refractivity contribution is 0.720. The van der Waals surface area contributed by atoms with E-state index in [0.29, 0.717) is 6.54 Å². The molecule has 0 atom stereocenters. The summed E-state index contributed by atoms with van der Waals surface area (Å²) in [6.07, 6.45) is 4.50. The number of halogens is 1. The van der Waals surface area contributed by atoms with Crippen LogP contribution in [0.5, 0.6) is 0 Å². The first-order valence-electron chi connectivity index (χ1n) is 8.09. The summed E-state index contributed by atoms with van der Waals surface area (Å²) in [5.41, 5.74) is 0. The molecule has 2 heterocycles. The molecule has 2 aromatic heterocycles. The van der Waals surface area contributed by atoms with Gasteiger partial charge in [-0.05, 0) is 43.2 Å². The van der Waals surface area contributed by atoms with E-state index in [0.717, 1.165) is 37.1 Å². The molecule has 2 N–H and O–H groups in total. The molecule has 25 heavy (non-hydrogen) atoms. The van der Waals surface area contributed by atoms with E-state index in [1.807, 2.05) is 30.3 Å². The van der Waals surface area contributed by atoms with E-state index in [-0.39, 0.29) is 24.0 Å². The highest BCUT2D eigenvalue weighted by molar-refractivity contribution is 14.0. The Bertz CT molecular complexity index is 627. The molecule has 2 rings (SSSR count). The Labute approximate surface area is 175 Å². The molecule has 0 aliphatic heterocycles. The number of guanidine groups is 1. The second-order valence-corrected chi connectivity index (χ2v) is 7.46. The number of aromatic nitrogens is 3. The Balaban J connectivity index is 0.00000312. The zero-order valence-electron chi connectivity index (χ0n) is 15.0. The summed E-state index contributed by atoms with van der Waals surface area (Å²) in [5, 5.41) is 17.1. The van der Waals surface area contributed by atoms with Gasteiger partial charge in [-0.25, -0.2) is 4.99 Å². The van der Waals surface area contributed by atoms with Crippen molar-refractivity contribution >= 4 is 53.0 Å². The van der Waals surface area contributed by atoms with Crippen LogP contribution in [0, 0.1) is 6.92 Å². The first-order valence-corrected chi connectivity index (χ1v) is 10.4. The Morgan fingerprint density at radius 3 is 2.80 bits per heavy atom. The van der Waals surface area contributed by atoms with E-state index in [1.165, 1.54) is 17.1 Å². The van der Waals surface area contributed by atoms with E-state index in [4.69, 9.17) is 0 Å². The second-order valence-electron chi connectivity index (χ2n) is 5.45. The second kappa shape index (κ2) is 12.5. The fourth-order valence-corrected chi connectivity index (χ4v) is 3.21. The fourth-order valence-electron chi connectivity index (χ4n) is 2.07. The SMILES string of the molecule is CSCCCCNC(=NCc1nnc(C)n1C)NCc1cccs1.I. The van der Waals surface area contributed by atoms with Gasteiger partial charge in [0.2, 0.25) is 0 Å². The lowest BCUT2D eigenvalue weighted by atomic mass is 10.3. The normalized spacial score (nSPS) is 11.2. The molecule has 0 saturated carbocycles. The number of nitrogens with one attached hydrogen (secondary N) is 2. The minimum Gasteiger partial charge on any atom is -0.356 e. The number of unbranched alkanes of at least 4 members (excludes halogenated alkanes) is 1. The smallest absolute Gasteiger partial charge is 0.192 e. The molecule has 0 radical (unpaired) electrons. The van der Waals surface area contributed by atoms with E-state index >= 15 is 0 Å². The van der Waals surface area contributed by atoms with Crippen molar-refractivity contribution in [3.8, 4) is 0 Å². The van der Waals surface area contributed by atoms with Crippen molar-refractivity contribution in [3.63, 3.8) is 0 Å². The highest BCUT2D eigenvalue weighted by Gasteiger charge is 2.05. The molecule has 0 bridgehead atoms. The fraction of sp³-hybridized carbons (Fsp3) is 0.562. The summed E-state index contributed by atoms with van der Waals surface area (Å²) in [7, 11) is 1.97. The number of aryl methyl sites for hydroxylation is 1. The molecule has 0 unspecified atom stereocenters. The molecule has 0 aromatic carbocycles. The molecule has 140 valence electrons. The van der Waals surface area contributed by atoms with Crippen LogP contribution in [0.25, 0.3) is 0 Å². The summed E-state index contributed by atoms with van der Waals surface area (Å²) in [4.78, 5) is 5.95. The lowest BCUT2D eigenvalue weighted by Crippen LogP contribution is -2.37. The number of nitrogens with zero attached hydrogens (tertiary/aromatic N) is 4. The van der Waals surface area contributed by atoms with Gasteiger partial charge in [-0.2, -0.15) is 11.8 Å². The van der Waals surface area contributed by atoms with E-state index in [1.54, 1.807) is 11.3 Å². The number of thiophene rings is 1. The van der Waals surface area contributed by atoms with Crippen LogP contribution < -0.4 is 10.6 Å². The topological polar surface area (TPSA) is 67.1 Å². The quantitative estimate of drug-likeness (QED) is 0.243. The summed E-state index contributed by atoms with van der Waals surface area (Å²) >= 11 is 3.64. The molecule has 6 nitrogen and oxygen atoms in total. The number of rotatable bonds is 9. The van der Waals surface area contributed by atoms with E-state index in [2.05, 4.69) is 49.6 Å². The predicted octanol–water partition coefficient (Wildman–Crippen LogP) is 3.18. The van der Waals surface area contributed by atoms with Gasteiger partial charge in [0.05, 0.1) is 6.54 Å². The maximum Gasteiger partial charge on any atom is 0.192 e. The molecular weight excluding hydrogens is 467 g/mol. The molecule has 0 saturated heterocycles. The van der Waals surface area contributed by atoms with Gasteiger partial charge >= 0.3 is 0 Å². The molecule has 0 spiro atoms. The third-order valence-corrected chi connectivity index (χ3v) is 5.21. The largest absolute Gasteiger partial charge is 0.356 e. The van der Waals surface area contributed by atoms with Crippen LogP contribution in [0.4, 0.5) is 0 Å². The molecule has 0 aliphatic rings. The number of hydrogen-bond donors (Lipinski definition) is 2. The number of thioether (sulfide) groups is 1. The van der Waals surface area contributed by atoms with Gasteiger partial charge in [-0.3, -0.25) is 0 Å². The van der Waals surface area contributed by atoms with Crippen molar-refractivity contribution in [1.82, 2.24) is 25.4 Å². The predicted molar refractivity (Wildman–Crippen MR) is 119 cm³/mol. The van der Waals surface area contributed by atoms with Gasteiger partial charge in [0.1, 0.15) is 12.4 Å². The Kier molecular flexibility index (Phi) is 11.1. The Morgan fingerprint density at radius 1 is 1.32 bits per heavy atom. The number of aliphatic imine (C=N–C) groups is 1. The summed E-state index contributed by atoms with van der Waals surface area (Å²) in [5.74, 6) is 3.80. The molecule has 0 fully saturated rings. The van der Waals surface area contributed by atoms with Crippen molar-refractivity contribution < 1.29 is 0 Å². The van der Waals surface area contributed by atoms with E-state index in [9.17, 15) is 0 Å². The van der Waals surface area contributed by atoms with Crippen LogP contribution >= 0.6 is 47.1 Å². The standard InChI is InChI=1S/C16H26N6S2.HI/c1-13-20-21-15(22(13)2)12-19-16(17-8-4-5-9-23-3)18-11-14-7-6-10-24-14;/h6-7,10H,4-5,8-9,11-12H2,1-3H3,(H2,17,18,19);1H. The van der Waals surface area contributed by atoms with Gasteiger partial charge < -0.3 is 15.2 Å². The van der Waals surface area contributed by atoms with Gasteiger partial charge in [0.25, 0.3) is 0 Å². The molecule has 2 aromatic rings. The van der Waals surface area contributed by atoms with Gasteiger partial charge in [-0.15, -0.1) is 45.5 Å². The summed E-state index contributed by atoms with van der Waals surface area (Å²) < 4.78 is 1.97. The highest BCUT2D eigenvalue weighted by Crippen LogP contribution is 2.07. The van der Waals surface area contributed by atoms with Crippen molar-refractivity contribution in [2.75, 3.05) is 18.6 Å². The monoisotopic (exact) mass is 494 g/mol. The van der Waals surface area contributed by atoms with E-state index < -0.39 is 0 Å². The molecular formula is C16H27IN6S2. The van der Waals surface area contributed by atoms with Gasteiger partial charge in [0, 0.05) is 18.5 Å². The minimum atomic E-state index is 0. The third-order valence-electron chi connectivity index (χ3n) is 3.64. The Morgan fingerprint density at radius 2 is 2.16 bits per heavy atom. The third kappa shape index (κ3) is 7.95. The number of hydrogen-bond acceptors (Lipinski definition) is 5. The van der Waals surface area contributed by atoms with Crippen molar-refractivity contribution in [3.05, 3.63) is 34.0 Å². The highest BCUT2D eigenvalue weighted by atomic mass is 127. The summed E-state index contributed by atoms with van der Waals surface area (Å²) in [6, 6.07) is 4.19. The average Bonchev–Trinajstić information content (AvgIpc) is 3.21. The summed E-state index contributed by atoms with van der Waals surface area (Å²) in [6.45, 7) is 4.17. The first-order chi connectivity index (χ1) is 11.7. The zero-order chi connectivity index (χ0) is 17.2. The average molecular weight is 494 g/mol. The lowest BCUT2D eigenvalue weighted by Gasteiger charge is -2.12. The minimum absolute atomic E-state index is 0. The van der Waals surface area contributed by atoms with Crippen molar-refractivity contribution in [1.29, 1.82) is 0 Å². The van der Waals surface area contributed by atoms with Gasteiger partial charge in [-0.1, -0.05) is 6.07 Å². The van der Waals surface area contributed by atoms with Crippen LogP contribution in [0.1, 0.15) is 29.4 Å². The Hall–Kier alpha value is -0.810. The van der Waals surface area contributed by atoms with Crippen LogP contribution in [0.3, 0.4) is 0 Å². The first kappa shape index (κ1) is 22.2. The molecule has 0 aliphatic carbocycles. The van der Waals surface area contributed by atoms with Crippen LogP contribution in [0.15, 0.2) is 22.5 Å². The zero-order valence-corrected chi connectivity index (χ0v) is 19.0. The van der Waals surface area contributed by atoms with Crippen molar-refractivity contribution in [2.24, 2.45) is 12.0 Å². The maximum absolute atomic E-state index is 4.66. The molecule has 9 heteroatoms. The van der Waals surface area contributed by atoms with Crippen molar-refractivity contribution in [2.45, 2.75) is 32.9 Å². The van der Waals surface area contributed by atoms with Crippen LogP contribution in [-0.4, -0.2) is 39.3 Å². The maximum atomic E-state index is 4.66.